The minimum atomic E-state index is -0.576. The van der Waals surface area contributed by atoms with E-state index in [0.29, 0.717) is 11.5 Å². The Bertz CT molecular complexity index is 469. The number of benzene rings is 1. The molecule has 0 saturated heterocycles. The van der Waals surface area contributed by atoms with Crippen molar-refractivity contribution in [1.29, 1.82) is 0 Å². The second-order valence-electron chi connectivity index (χ2n) is 6.32. The lowest BCUT2D eigenvalue weighted by atomic mass is 9.95. The Morgan fingerprint density at radius 1 is 1.33 bits per heavy atom. The van der Waals surface area contributed by atoms with Crippen LogP contribution in [0.5, 0.6) is 0 Å². The molecule has 0 aliphatic carbocycles. The molecule has 0 unspecified atom stereocenters. The number of aliphatic hydroxyl groups is 1. The van der Waals surface area contributed by atoms with E-state index in [1.807, 2.05) is 44.2 Å². The molecule has 0 amide bonds. The van der Waals surface area contributed by atoms with E-state index in [1.165, 1.54) is 0 Å². The van der Waals surface area contributed by atoms with Gasteiger partial charge in [0.15, 0.2) is 5.78 Å². The van der Waals surface area contributed by atoms with Crippen molar-refractivity contribution in [3.63, 3.8) is 0 Å². The van der Waals surface area contributed by atoms with Crippen molar-refractivity contribution in [2.45, 2.75) is 52.1 Å². The number of hydrogen-bond acceptors (Lipinski definition) is 2. The number of ketones is 1. The van der Waals surface area contributed by atoms with Crippen LogP contribution in [0.2, 0.25) is 0 Å². The molecule has 116 valence electrons. The molecule has 0 fully saturated rings. The summed E-state index contributed by atoms with van der Waals surface area (Å²) in [6.07, 6.45) is 7.42. The molecule has 2 nitrogen and oxygen atoms in total. The van der Waals surface area contributed by atoms with Gasteiger partial charge >= 0.3 is 0 Å². The quantitative estimate of drug-likeness (QED) is 0.518. The summed E-state index contributed by atoms with van der Waals surface area (Å²) in [5.41, 5.74) is 0.136. The third-order valence-corrected chi connectivity index (χ3v) is 3.95. The van der Waals surface area contributed by atoms with E-state index in [0.717, 1.165) is 30.2 Å². The van der Waals surface area contributed by atoms with Crippen LogP contribution in [0.25, 0.3) is 0 Å². The van der Waals surface area contributed by atoms with Crippen molar-refractivity contribution in [2.75, 3.05) is 0 Å². The molecule has 21 heavy (non-hydrogen) atoms. The molecule has 0 aliphatic heterocycles. The van der Waals surface area contributed by atoms with E-state index in [1.54, 1.807) is 6.08 Å². The number of carbonyl (C=O) groups is 1. The Balaban J connectivity index is 2.33. The first-order valence-corrected chi connectivity index (χ1v) is 8.26. The fraction of sp³-hybridized carbons (Fsp3) is 0.500. The largest absolute Gasteiger partial charge is 0.390 e. The van der Waals surface area contributed by atoms with Crippen LogP contribution in [-0.4, -0.2) is 16.5 Å². The van der Waals surface area contributed by atoms with E-state index < -0.39 is 5.60 Å². The number of rotatable bonds is 8. The highest BCUT2D eigenvalue weighted by Gasteiger charge is 2.12. The molecule has 1 rings (SSSR count). The predicted octanol–water partition coefficient (Wildman–Crippen LogP) is 5.16. The molecular formula is C18H25BrO2. The first-order valence-electron chi connectivity index (χ1n) is 7.47. The van der Waals surface area contributed by atoms with Gasteiger partial charge in [-0.05, 0) is 62.9 Å². The van der Waals surface area contributed by atoms with Gasteiger partial charge in [0.05, 0.1) is 5.60 Å². The maximum Gasteiger partial charge on any atom is 0.185 e. The first-order chi connectivity index (χ1) is 9.78. The third-order valence-electron chi connectivity index (χ3n) is 3.42. The maximum atomic E-state index is 11.9. The van der Waals surface area contributed by atoms with Crippen molar-refractivity contribution in [2.24, 2.45) is 5.92 Å². The van der Waals surface area contributed by atoms with Crippen molar-refractivity contribution >= 4 is 21.7 Å². The summed E-state index contributed by atoms with van der Waals surface area (Å²) in [6.45, 7) is 5.86. The summed E-state index contributed by atoms with van der Waals surface area (Å²) >= 11 is 3.36. The predicted molar refractivity (Wildman–Crippen MR) is 91.5 cm³/mol. The molecule has 1 aromatic carbocycles. The molecule has 0 radical (unpaired) electrons. The number of allylic oxidation sites excluding steroid dienone is 2. The van der Waals surface area contributed by atoms with Crippen LogP contribution in [0.4, 0.5) is 0 Å². The Hall–Kier alpha value is -0.930. The zero-order valence-corrected chi connectivity index (χ0v) is 14.7. The summed E-state index contributed by atoms with van der Waals surface area (Å²) < 4.78 is 0.975. The SMILES string of the molecule is C[C@@H](C/C=C/C(=O)c1ccc(Br)cc1)CCCC(C)(C)O. The van der Waals surface area contributed by atoms with E-state index in [2.05, 4.69) is 22.9 Å². The van der Waals surface area contributed by atoms with Gasteiger partial charge in [-0.15, -0.1) is 0 Å². The normalized spacial score (nSPS) is 13.6. The minimum Gasteiger partial charge on any atom is -0.390 e. The van der Waals surface area contributed by atoms with Crippen LogP contribution in [0.15, 0.2) is 40.9 Å². The minimum absolute atomic E-state index is 0.0474. The van der Waals surface area contributed by atoms with E-state index in [4.69, 9.17) is 0 Å². The van der Waals surface area contributed by atoms with Crippen LogP contribution >= 0.6 is 15.9 Å². The Labute approximate surface area is 136 Å². The molecular weight excluding hydrogens is 328 g/mol. The van der Waals surface area contributed by atoms with Gasteiger partial charge in [0, 0.05) is 10.0 Å². The van der Waals surface area contributed by atoms with Gasteiger partial charge in [-0.3, -0.25) is 4.79 Å². The maximum absolute atomic E-state index is 11.9. The fourth-order valence-corrected chi connectivity index (χ4v) is 2.38. The lowest BCUT2D eigenvalue weighted by Crippen LogP contribution is -2.18. The molecule has 0 saturated carbocycles. The number of carbonyl (C=O) groups excluding carboxylic acids is 1. The van der Waals surface area contributed by atoms with Crippen LogP contribution in [0, 0.1) is 5.92 Å². The van der Waals surface area contributed by atoms with Gasteiger partial charge < -0.3 is 5.11 Å². The number of hydrogen-bond donors (Lipinski definition) is 1. The van der Waals surface area contributed by atoms with E-state index in [-0.39, 0.29) is 5.78 Å². The van der Waals surface area contributed by atoms with Crippen LogP contribution in [-0.2, 0) is 0 Å². The summed E-state index contributed by atoms with van der Waals surface area (Å²) in [5, 5.41) is 9.66. The second kappa shape index (κ2) is 8.50. The Morgan fingerprint density at radius 3 is 2.52 bits per heavy atom. The standard InChI is InChI=1S/C18H25BrO2/c1-14(7-5-13-18(2,3)21)6-4-8-17(20)15-9-11-16(19)12-10-15/h4,8-12,14,21H,5-7,13H2,1-3H3/b8-4+/t14-/m0/s1. The lowest BCUT2D eigenvalue weighted by molar-refractivity contribution is 0.0670. The average molecular weight is 353 g/mol. The molecule has 1 aromatic rings. The highest BCUT2D eigenvalue weighted by Crippen LogP contribution is 2.18. The molecule has 0 heterocycles. The summed E-state index contributed by atoms with van der Waals surface area (Å²) in [7, 11) is 0. The molecule has 0 bridgehead atoms. The van der Waals surface area contributed by atoms with Gasteiger partial charge in [-0.2, -0.15) is 0 Å². The smallest absolute Gasteiger partial charge is 0.185 e. The Morgan fingerprint density at radius 2 is 1.95 bits per heavy atom. The lowest BCUT2D eigenvalue weighted by Gasteiger charge is -2.17. The topological polar surface area (TPSA) is 37.3 Å². The molecule has 0 aromatic heterocycles. The van der Waals surface area contributed by atoms with Crippen LogP contribution < -0.4 is 0 Å². The molecule has 1 N–H and O–H groups in total. The van der Waals surface area contributed by atoms with E-state index >= 15 is 0 Å². The van der Waals surface area contributed by atoms with Gasteiger partial charge in [0.25, 0.3) is 0 Å². The zero-order valence-electron chi connectivity index (χ0n) is 13.1. The second-order valence-corrected chi connectivity index (χ2v) is 7.23. The van der Waals surface area contributed by atoms with Crippen molar-refractivity contribution in [3.05, 3.63) is 46.5 Å². The third kappa shape index (κ3) is 8.18. The van der Waals surface area contributed by atoms with Crippen molar-refractivity contribution in [1.82, 2.24) is 0 Å². The van der Waals surface area contributed by atoms with Gasteiger partial charge in [-0.1, -0.05) is 41.8 Å². The van der Waals surface area contributed by atoms with Crippen molar-refractivity contribution in [3.8, 4) is 0 Å². The first kappa shape index (κ1) is 18.1. The molecule has 1 atom stereocenters. The van der Waals surface area contributed by atoms with Crippen LogP contribution in [0.1, 0.15) is 56.8 Å². The summed E-state index contributed by atoms with van der Waals surface area (Å²) in [6, 6.07) is 7.40. The van der Waals surface area contributed by atoms with Crippen LogP contribution in [0.3, 0.4) is 0 Å². The molecule has 0 aliphatic rings. The van der Waals surface area contributed by atoms with Gasteiger partial charge in [0.1, 0.15) is 0 Å². The Kier molecular flexibility index (Phi) is 7.33. The zero-order chi connectivity index (χ0) is 15.9. The highest BCUT2D eigenvalue weighted by molar-refractivity contribution is 9.10. The van der Waals surface area contributed by atoms with Gasteiger partial charge in [0.2, 0.25) is 0 Å². The summed E-state index contributed by atoms with van der Waals surface area (Å²) in [5.74, 6) is 0.576. The molecule has 0 spiro atoms. The van der Waals surface area contributed by atoms with Crippen molar-refractivity contribution < 1.29 is 9.90 Å². The summed E-state index contributed by atoms with van der Waals surface area (Å²) in [4.78, 5) is 11.9. The monoisotopic (exact) mass is 352 g/mol. The highest BCUT2D eigenvalue weighted by atomic mass is 79.9. The van der Waals surface area contributed by atoms with Gasteiger partial charge in [-0.25, -0.2) is 0 Å². The fourth-order valence-electron chi connectivity index (χ4n) is 2.12. The average Bonchev–Trinajstić information content (AvgIpc) is 2.37. The number of halogens is 1. The molecule has 3 heteroatoms. The van der Waals surface area contributed by atoms with E-state index in [9.17, 15) is 9.90 Å².